The first-order chi connectivity index (χ1) is 12.4. The van der Waals surface area contributed by atoms with Crippen LogP contribution < -0.4 is 10.6 Å². The fourth-order valence-corrected chi connectivity index (χ4v) is 4.93. The molecule has 0 atom stereocenters. The maximum absolute atomic E-state index is 12.8. The molecule has 1 saturated heterocycles. The highest BCUT2D eigenvalue weighted by atomic mass is 35.5. The van der Waals surface area contributed by atoms with Crippen molar-refractivity contribution in [3.8, 4) is 0 Å². The summed E-state index contributed by atoms with van der Waals surface area (Å²) < 4.78 is 32.0. The number of H-pyrrole nitrogens is 1. The van der Waals surface area contributed by atoms with Crippen LogP contribution in [0.4, 0.5) is 0 Å². The van der Waals surface area contributed by atoms with Gasteiger partial charge in [0, 0.05) is 45.8 Å². The summed E-state index contributed by atoms with van der Waals surface area (Å²) >= 11 is 0. The zero-order valence-electron chi connectivity index (χ0n) is 16.1. The number of aromatic amines is 1. The highest BCUT2D eigenvalue weighted by molar-refractivity contribution is 7.89. The summed E-state index contributed by atoms with van der Waals surface area (Å²) in [5.41, 5.74) is 1.02. The lowest BCUT2D eigenvalue weighted by molar-refractivity contribution is -0.126. The maximum atomic E-state index is 12.8. The summed E-state index contributed by atoms with van der Waals surface area (Å²) in [7, 11) is -1.93. The van der Waals surface area contributed by atoms with Gasteiger partial charge in [-0.15, -0.1) is 12.4 Å². The van der Waals surface area contributed by atoms with Gasteiger partial charge >= 0.3 is 0 Å². The van der Waals surface area contributed by atoms with Crippen molar-refractivity contribution in [1.82, 2.24) is 25.1 Å². The summed E-state index contributed by atoms with van der Waals surface area (Å²) in [6.07, 6.45) is 1.05. The highest BCUT2D eigenvalue weighted by Crippen LogP contribution is 2.26. The molecule has 11 heteroatoms. The van der Waals surface area contributed by atoms with E-state index < -0.39 is 10.0 Å². The van der Waals surface area contributed by atoms with Gasteiger partial charge in [0.05, 0.1) is 18.0 Å². The van der Waals surface area contributed by atoms with Crippen molar-refractivity contribution in [3.63, 3.8) is 0 Å². The first-order valence-electron chi connectivity index (χ1n) is 8.87. The molecule has 27 heavy (non-hydrogen) atoms. The summed E-state index contributed by atoms with van der Waals surface area (Å²) in [5, 5.41) is 12.8. The summed E-state index contributed by atoms with van der Waals surface area (Å²) in [4.78, 5) is 12.5. The van der Waals surface area contributed by atoms with Crippen LogP contribution in [0.5, 0.6) is 0 Å². The van der Waals surface area contributed by atoms with E-state index in [1.54, 1.807) is 21.0 Å². The fraction of sp³-hybridized carbons (Fsp3) is 0.750. The predicted molar refractivity (Wildman–Crippen MR) is 105 cm³/mol. The normalized spacial score (nSPS) is 16.1. The van der Waals surface area contributed by atoms with Gasteiger partial charge in [-0.3, -0.25) is 9.89 Å². The van der Waals surface area contributed by atoms with Crippen LogP contribution in [-0.4, -0.2) is 75.3 Å². The Kier molecular flexibility index (Phi) is 9.68. The zero-order chi connectivity index (χ0) is 19.2. The second kappa shape index (κ2) is 11.0. The lowest BCUT2D eigenvalue weighted by Gasteiger charge is -2.30. The van der Waals surface area contributed by atoms with Crippen molar-refractivity contribution in [1.29, 1.82) is 0 Å². The third kappa shape index (κ3) is 6.15. The smallest absolute Gasteiger partial charge is 0.246 e. The van der Waals surface area contributed by atoms with Crippen LogP contribution in [0.3, 0.4) is 0 Å². The van der Waals surface area contributed by atoms with Gasteiger partial charge in [-0.05, 0) is 26.7 Å². The van der Waals surface area contributed by atoms with E-state index in [9.17, 15) is 13.2 Å². The molecule has 3 N–H and O–H groups in total. The topological polar surface area (TPSA) is 116 Å². The zero-order valence-corrected chi connectivity index (χ0v) is 17.7. The van der Waals surface area contributed by atoms with Crippen LogP contribution in [0.25, 0.3) is 0 Å². The van der Waals surface area contributed by atoms with Crippen LogP contribution in [0.1, 0.15) is 24.2 Å². The number of carbonyl (C=O) groups excluding carboxylic acids is 1. The minimum absolute atomic E-state index is 0. The van der Waals surface area contributed by atoms with E-state index in [2.05, 4.69) is 20.8 Å². The molecule has 1 amide bonds. The van der Waals surface area contributed by atoms with Crippen molar-refractivity contribution < 1.29 is 17.9 Å². The number of sulfonamides is 1. The Labute approximate surface area is 167 Å². The minimum atomic E-state index is -3.57. The first-order valence-corrected chi connectivity index (χ1v) is 10.3. The molecule has 1 aromatic rings. The van der Waals surface area contributed by atoms with E-state index in [1.165, 1.54) is 4.31 Å². The molecule has 0 radical (unpaired) electrons. The van der Waals surface area contributed by atoms with E-state index in [1.807, 2.05) is 0 Å². The number of piperidine rings is 1. The van der Waals surface area contributed by atoms with Crippen LogP contribution in [-0.2, 0) is 19.6 Å². The maximum Gasteiger partial charge on any atom is 0.246 e. The van der Waals surface area contributed by atoms with Gasteiger partial charge in [-0.25, -0.2) is 8.42 Å². The Hall–Kier alpha value is -1.20. The first kappa shape index (κ1) is 23.8. The van der Waals surface area contributed by atoms with E-state index in [0.717, 1.165) is 6.54 Å². The minimum Gasteiger partial charge on any atom is -0.383 e. The molecule has 156 valence electrons. The second-order valence-electron chi connectivity index (χ2n) is 6.48. The van der Waals surface area contributed by atoms with Gasteiger partial charge in [0.1, 0.15) is 4.90 Å². The van der Waals surface area contributed by atoms with Crippen molar-refractivity contribution in [2.45, 2.75) is 31.6 Å². The summed E-state index contributed by atoms with van der Waals surface area (Å²) in [5.74, 6) is -0.154. The van der Waals surface area contributed by atoms with Gasteiger partial charge in [0.15, 0.2) is 0 Å². The van der Waals surface area contributed by atoms with E-state index in [0.29, 0.717) is 57.0 Å². The molecular formula is C16H30ClN5O4S. The number of aryl methyl sites for hydroxylation is 2. The fourth-order valence-electron chi connectivity index (χ4n) is 3.13. The number of halogens is 1. The number of hydrogen-bond acceptors (Lipinski definition) is 6. The molecule has 1 aliphatic heterocycles. The lowest BCUT2D eigenvalue weighted by Crippen LogP contribution is -2.44. The Morgan fingerprint density at radius 3 is 2.48 bits per heavy atom. The third-order valence-electron chi connectivity index (χ3n) is 4.57. The molecule has 1 aliphatic rings. The van der Waals surface area contributed by atoms with Crippen LogP contribution in [0, 0.1) is 19.8 Å². The van der Waals surface area contributed by atoms with Crippen molar-refractivity contribution >= 4 is 28.3 Å². The average Bonchev–Trinajstić information content (AvgIpc) is 2.97. The number of hydrogen-bond donors (Lipinski definition) is 3. The molecule has 0 bridgehead atoms. The highest BCUT2D eigenvalue weighted by Gasteiger charge is 2.34. The SMILES string of the molecule is COCCNCCNC(=O)C1CCN(S(=O)(=O)c2c(C)n[nH]c2C)CC1.Cl. The van der Waals surface area contributed by atoms with Crippen molar-refractivity contribution in [2.75, 3.05) is 46.4 Å². The summed E-state index contributed by atoms with van der Waals surface area (Å²) in [6, 6.07) is 0. The number of aromatic nitrogens is 2. The number of ether oxygens (including phenoxy) is 1. The molecule has 0 saturated carbocycles. The molecule has 2 heterocycles. The summed E-state index contributed by atoms with van der Waals surface area (Å²) in [6.45, 7) is 6.68. The number of carbonyl (C=O) groups is 1. The quantitative estimate of drug-likeness (QED) is 0.488. The molecule has 2 rings (SSSR count). The van der Waals surface area contributed by atoms with Crippen LogP contribution in [0.15, 0.2) is 4.90 Å². The number of methoxy groups -OCH3 is 1. The number of nitrogens with one attached hydrogen (secondary N) is 3. The van der Waals surface area contributed by atoms with Crippen molar-refractivity contribution in [2.24, 2.45) is 5.92 Å². The Bertz CT molecular complexity index is 682. The van der Waals surface area contributed by atoms with Gasteiger partial charge < -0.3 is 15.4 Å². The Morgan fingerprint density at radius 1 is 1.26 bits per heavy atom. The van der Waals surface area contributed by atoms with Gasteiger partial charge in [-0.2, -0.15) is 9.40 Å². The van der Waals surface area contributed by atoms with E-state index >= 15 is 0 Å². The number of rotatable bonds is 9. The van der Waals surface area contributed by atoms with Crippen LogP contribution in [0.2, 0.25) is 0 Å². The second-order valence-corrected chi connectivity index (χ2v) is 8.35. The van der Waals surface area contributed by atoms with Gasteiger partial charge in [0.2, 0.25) is 15.9 Å². The largest absolute Gasteiger partial charge is 0.383 e. The molecule has 1 fully saturated rings. The standard InChI is InChI=1S/C16H29N5O4S.ClH/c1-12-15(13(2)20-19-12)26(23,24)21-9-4-14(5-10-21)16(22)18-7-6-17-8-11-25-3;/h14,17H,4-11H2,1-3H3,(H,18,22)(H,19,20);1H. The molecule has 9 nitrogen and oxygen atoms in total. The van der Waals surface area contributed by atoms with E-state index in [-0.39, 0.29) is 29.1 Å². The Morgan fingerprint density at radius 2 is 1.93 bits per heavy atom. The lowest BCUT2D eigenvalue weighted by atomic mass is 9.97. The van der Waals surface area contributed by atoms with E-state index in [4.69, 9.17) is 4.74 Å². The average molecular weight is 424 g/mol. The molecule has 1 aromatic heterocycles. The van der Waals surface area contributed by atoms with Crippen LogP contribution >= 0.6 is 12.4 Å². The number of nitrogens with zero attached hydrogens (tertiary/aromatic N) is 2. The molecule has 0 unspecified atom stereocenters. The predicted octanol–water partition coefficient (Wildman–Crippen LogP) is 0.201. The third-order valence-corrected chi connectivity index (χ3v) is 6.73. The monoisotopic (exact) mass is 423 g/mol. The molecule has 0 spiro atoms. The van der Waals surface area contributed by atoms with Gasteiger partial charge in [-0.1, -0.05) is 0 Å². The van der Waals surface area contributed by atoms with Gasteiger partial charge in [0.25, 0.3) is 0 Å². The molecule has 0 aliphatic carbocycles. The molecular weight excluding hydrogens is 394 g/mol. The van der Waals surface area contributed by atoms with Crippen molar-refractivity contribution in [3.05, 3.63) is 11.4 Å². The number of amides is 1. The molecule has 0 aromatic carbocycles. The Balaban J connectivity index is 0.00000364.